The third-order valence-electron chi connectivity index (χ3n) is 6.37. The third kappa shape index (κ3) is 4.37. The third-order valence-corrected chi connectivity index (χ3v) is 6.37. The molecule has 2 heterocycles. The Morgan fingerprint density at radius 1 is 1.00 bits per heavy atom. The second kappa shape index (κ2) is 9.22. The van der Waals surface area contributed by atoms with Crippen LogP contribution in [0.4, 0.5) is 0 Å². The summed E-state index contributed by atoms with van der Waals surface area (Å²) in [4.78, 5) is 13.3. The molecule has 31 heavy (non-hydrogen) atoms. The SMILES string of the molecule is Cl.O=C(N[C@H]1C[C@H]2CNC[C@H]2C[C@@H]1O)c1cc(-c2ccccc2)nn1-c1ccccc1. The first-order chi connectivity index (χ1) is 14.7. The van der Waals surface area contributed by atoms with Gasteiger partial charge in [-0.2, -0.15) is 5.10 Å². The van der Waals surface area contributed by atoms with E-state index >= 15 is 0 Å². The maximum Gasteiger partial charge on any atom is 0.270 e. The second-order valence-corrected chi connectivity index (χ2v) is 8.33. The minimum absolute atomic E-state index is 0. The topological polar surface area (TPSA) is 79.2 Å². The molecular formula is C24H27ClN4O2. The largest absolute Gasteiger partial charge is 0.391 e. The van der Waals surface area contributed by atoms with E-state index in [-0.39, 0.29) is 24.4 Å². The molecule has 0 radical (unpaired) electrons. The number of hydrogen-bond donors (Lipinski definition) is 3. The summed E-state index contributed by atoms with van der Waals surface area (Å²) < 4.78 is 1.69. The van der Waals surface area contributed by atoms with Crippen LogP contribution in [-0.4, -0.2) is 46.0 Å². The minimum atomic E-state index is -0.517. The fourth-order valence-corrected chi connectivity index (χ4v) is 4.75. The van der Waals surface area contributed by atoms with Gasteiger partial charge >= 0.3 is 0 Å². The van der Waals surface area contributed by atoms with E-state index in [1.165, 1.54) is 0 Å². The van der Waals surface area contributed by atoms with Gasteiger partial charge in [-0.1, -0.05) is 48.5 Å². The molecule has 4 atom stereocenters. The van der Waals surface area contributed by atoms with E-state index < -0.39 is 6.10 Å². The molecule has 6 nitrogen and oxygen atoms in total. The Hall–Kier alpha value is -2.67. The zero-order chi connectivity index (χ0) is 20.5. The molecule has 1 saturated carbocycles. The van der Waals surface area contributed by atoms with E-state index in [9.17, 15) is 9.90 Å². The lowest BCUT2D eigenvalue weighted by molar-refractivity contribution is 0.0459. The van der Waals surface area contributed by atoms with Crippen molar-refractivity contribution in [1.29, 1.82) is 0 Å². The number of nitrogens with one attached hydrogen (secondary N) is 2. The number of amides is 1. The Balaban J connectivity index is 0.00000231. The summed E-state index contributed by atoms with van der Waals surface area (Å²) in [6.07, 6.45) is 1.02. The van der Waals surface area contributed by atoms with Gasteiger partial charge in [0.1, 0.15) is 5.69 Å². The highest BCUT2D eigenvalue weighted by molar-refractivity contribution is 5.94. The number of carbonyl (C=O) groups excluding carboxylic acids is 1. The van der Waals surface area contributed by atoms with E-state index in [0.717, 1.165) is 42.9 Å². The van der Waals surface area contributed by atoms with Gasteiger partial charge < -0.3 is 15.7 Å². The van der Waals surface area contributed by atoms with Crippen molar-refractivity contribution in [3.63, 3.8) is 0 Å². The number of nitrogens with zero attached hydrogens (tertiary/aromatic N) is 2. The van der Waals surface area contributed by atoms with E-state index in [1.807, 2.05) is 66.7 Å². The lowest BCUT2D eigenvalue weighted by Crippen LogP contribution is -2.49. The van der Waals surface area contributed by atoms with Crippen molar-refractivity contribution < 1.29 is 9.90 Å². The number of para-hydroxylation sites is 1. The van der Waals surface area contributed by atoms with E-state index in [4.69, 9.17) is 5.10 Å². The summed E-state index contributed by atoms with van der Waals surface area (Å²) in [5.41, 5.74) is 3.00. The molecule has 0 bridgehead atoms. The van der Waals surface area contributed by atoms with Crippen LogP contribution in [0.5, 0.6) is 0 Å². The molecule has 5 rings (SSSR count). The first-order valence-corrected chi connectivity index (χ1v) is 10.6. The molecule has 1 saturated heterocycles. The normalized spacial score (nSPS) is 24.8. The Morgan fingerprint density at radius 3 is 2.35 bits per heavy atom. The van der Waals surface area contributed by atoms with Crippen molar-refractivity contribution in [2.24, 2.45) is 11.8 Å². The number of carbonyl (C=O) groups is 1. The van der Waals surface area contributed by atoms with Gasteiger partial charge in [-0.15, -0.1) is 12.4 Å². The number of halogens is 1. The van der Waals surface area contributed by atoms with Crippen LogP contribution in [0, 0.1) is 11.8 Å². The first kappa shape index (κ1) is 21.6. The summed E-state index contributed by atoms with van der Waals surface area (Å²) in [5.74, 6) is 0.812. The molecule has 0 spiro atoms. The van der Waals surface area contributed by atoms with Gasteiger partial charge in [-0.25, -0.2) is 4.68 Å². The molecule has 7 heteroatoms. The van der Waals surface area contributed by atoms with Gasteiger partial charge in [0.05, 0.1) is 23.5 Å². The predicted molar refractivity (Wildman–Crippen MR) is 123 cm³/mol. The van der Waals surface area contributed by atoms with Crippen molar-refractivity contribution >= 4 is 18.3 Å². The van der Waals surface area contributed by atoms with Gasteiger partial charge in [0.25, 0.3) is 5.91 Å². The van der Waals surface area contributed by atoms with Crippen LogP contribution in [0.2, 0.25) is 0 Å². The molecule has 2 aromatic carbocycles. The molecule has 2 aliphatic rings. The molecule has 162 valence electrons. The zero-order valence-electron chi connectivity index (χ0n) is 17.1. The minimum Gasteiger partial charge on any atom is -0.391 e. The number of aliphatic hydroxyl groups excluding tert-OH is 1. The molecule has 1 aromatic heterocycles. The highest BCUT2D eigenvalue weighted by Gasteiger charge is 2.39. The second-order valence-electron chi connectivity index (χ2n) is 8.33. The molecule has 0 unspecified atom stereocenters. The average Bonchev–Trinajstić information content (AvgIpc) is 3.42. The summed E-state index contributed by atoms with van der Waals surface area (Å²) in [5, 5.41) is 21.8. The van der Waals surface area contributed by atoms with Crippen molar-refractivity contribution in [2.75, 3.05) is 13.1 Å². The summed E-state index contributed by atoms with van der Waals surface area (Å²) >= 11 is 0. The maximum atomic E-state index is 13.3. The van der Waals surface area contributed by atoms with Crippen LogP contribution in [0.1, 0.15) is 23.3 Å². The molecule has 3 aromatic rings. The molecule has 1 aliphatic heterocycles. The number of benzene rings is 2. The molecule has 1 aliphatic carbocycles. The number of aliphatic hydroxyl groups is 1. The van der Waals surface area contributed by atoms with Gasteiger partial charge in [0.2, 0.25) is 0 Å². The van der Waals surface area contributed by atoms with Crippen LogP contribution in [0.15, 0.2) is 66.7 Å². The van der Waals surface area contributed by atoms with E-state index in [0.29, 0.717) is 17.5 Å². The maximum absolute atomic E-state index is 13.3. The van der Waals surface area contributed by atoms with Gasteiger partial charge in [0, 0.05) is 5.56 Å². The van der Waals surface area contributed by atoms with Crippen LogP contribution < -0.4 is 10.6 Å². The molecular weight excluding hydrogens is 412 g/mol. The summed E-state index contributed by atoms with van der Waals surface area (Å²) in [6.45, 7) is 1.92. The Labute approximate surface area is 188 Å². The summed E-state index contributed by atoms with van der Waals surface area (Å²) in [7, 11) is 0. The Kier molecular flexibility index (Phi) is 6.41. The number of rotatable bonds is 4. The predicted octanol–water partition coefficient (Wildman–Crippen LogP) is 3.05. The van der Waals surface area contributed by atoms with Crippen LogP contribution in [0.3, 0.4) is 0 Å². The van der Waals surface area contributed by atoms with Crippen molar-refractivity contribution in [3.8, 4) is 16.9 Å². The first-order valence-electron chi connectivity index (χ1n) is 10.6. The van der Waals surface area contributed by atoms with Gasteiger partial charge in [-0.3, -0.25) is 4.79 Å². The fraction of sp³-hybridized carbons (Fsp3) is 0.333. The molecule has 3 N–H and O–H groups in total. The van der Waals surface area contributed by atoms with Crippen molar-refractivity contribution in [1.82, 2.24) is 20.4 Å². The monoisotopic (exact) mass is 438 g/mol. The zero-order valence-corrected chi connectivity index (χ0v) is 18.0. The standard InChI is InChI=1S/C24H26N4O2.ClH/c29-23-12-18-15-25-14-17(18)11-21(23)26-24(30)22-13-20(16-7-3-1-4-8-16)27-28(22)19-9-5-2-6-10-19;/h1-10,13,17-18,21,23,25,29H,11-12,14-15H2,(H,26,30);1H/t17-,18+,21-,23-;/m0./s1. The Morgan fingerprint density at radius 2 is 1.65 bits per heavy atom. The van der Waals surface area contributed by atoms with Crippen molar-refractivity contribution in [3.05, 3.63) is 72.4 Å². The smallest absolute Gasteiger partial charge is 0.270 e. The van der Waals surface area contributed by atoms with Crippen molar-refractivity contribution in [2.45, 2.75) is 25.0 Å². The highest BCUT2D eigenvalue weighted by Crippen LogP contribution is 2.33. The average molecular weight is 439 g/mol. The lowest BCUT2D eigenvalue weighted by atomic mass is 9.77. The highest BCUT2D eigenvalue weighted by atomic mass is 35.5. The van der Waals surface area contributed by atoms with Crippen LogP contribution in [0.25, 0.3) is 16.9 Å². The van der Waals surface area contributed by atoms with Gasteiger partial charge in [0.15, 0.2) is 0 Å². The molecule has 1 amide bonds. The van der Waals surface area contributed by atoms with Gasteiger partial charge in [-0.05, 0) is 56.0 Å². The quantitative estimate of drug-likeness (QED) is 0.585. The number of fused-ring (bicyclic) bond motifs is 1. The number of aromatic nitrogens is 2. The fourth-order valence-electron chi connectivity index (χ4n) is 4.75. The van der Waals surface area contributed by atoms with Crippen LogP contribution >= 0.6 is 12.4 Å². The molecule has 2 fully saturated rings. The van der Waals surface area contributed by atoms with Crippen LogP contribution in [-0.2, 0) is 0 Å². The van der Waals surface area contributed by atoms with E-state index in [1.54, 1.807) is 4.68 Å². The summed E-state index contributed by atoms with van der Waals surface area (Å²) in [6, 6.07) is 21.1. The van der Waals surface area contributed by atoms with E-state index in [2.05, 4.69) is 10.6 Å². The number of hydrogen-bond acceptors (Lipinski definition) is 4. The Bertz CT molecular complexity index is 1020. The lowest BCUT2D eigenvalue weighted by Gasteiger charge is -2.35.